The number of carbonyl (C=O) groups is 3. The first-order valence-corrected chi connectivity index (χ1v) is 8.00. The quantitative estimate of drug-likeness (QED) is 0.585. The van der Waals surface area contributed by atoms with Gasteiger partial charge in [-0.3, -0.25) is 9.59 Å². The summed E-state index contributed by atoms with van der Waals surface area (Å²) in [6.45, 7) is 3.03. The number of hydrogen-bond donors (Lipinski definition) is 2. The molecule has 1 aliphatic carbocycles. The fraction of sp³-hybridized carbons (Fsp3) is 0.389. The molecule has 0 saturated heterocycles. The van der Waals surface area contributed by atoms with E-state index in [0.29, 0.717) is 0 Å². The molecule has 2 atom stereocenters. The molecule has 2 N–H and O–H groups in total. The van der Waals surface area contributed by atoms with E-state index in [0.717, 1.165) is 18.4 Å². The van der Waals surface area contributed by atoms with Gasteiger partial charge in [0.05, 0.1) is 0 Å². The molecule has 6 nitrogen and oxygen atoms in total. The predicted molar refractivity (Wildman–Crippen MR) is 89.8 cm³/mol. The number of esters is 1. The summed E-state index contributed by atoms with van der Waals surface area (Å²) >= 11 is 0. The van der Waals surface area contributed by atoms with Crippen LogP contribution in [0.4, 0.5) is 0 Å². The minimum absolute atomic E-state index is 0.207. The van der Waals surface area contributed by atoms with E-state index in [-0.39, 0.29) is 11.9 Å². The maximum Gasteiger partial charge on any atom is 0.329 e. The highest BCUT2D eigenvalue weighted by Gasteiger charge is 2.28. The van der Waals surface area contributed by atoms with E-state index in [1.807, 2.05) is 30.3 Å². The minimum atomic E-state index is -0.877. The lowest BCUT2D eigenvalue weighted by atomic mass is 10.2. The lowest BCUT2D eigenvalue weighted by Gasteiger charge is -2.17. The zero-order chi connectivity index (χ0) is 17.5. The maximum atomic E-state index is 11.9. The molecule has 0 aliphatic heterocycles. The van der Waals surface area contributed by atoms with Gasteiger partial charge in [0.25, 0.3) is 5.91 Å². The zero-order valence-electron chi connectivity index (χ0n) is 13.8. The summed E-state index contributed by atoms with van der Waals surface area (Å²) < 4.78 is 5.08. The molecule has 2 amide bonds. The Kier molecular flexibility index (Phi) is 6.12. The van der Waals surface area contributed by atoms with Crippen molar-refractivity contribution >= 4 is 23.9 Å². The average Bonchev–Trinajstić information content (AvgIpc) is 3.37. The van der Waals surface area contributed by atoms with Crippen molar-refractivity contribution in [1.82, 2.24) is 10.6 Å². The van der Waals surface area contributed by atoms with Crippen molar-refractivity contribution in [2.45, 2.75) is 44.9 Å². The van der Waals surface area contributed by atoms with Crippen molar-refractivity contribution in [3.8, 4) is 0 Å². The van der Waals surface area contributed by atoms with Gasteiger partial charge in [-0.1, -0.05) is 30.3 Å². The van der Waals surface area contributed by atoms with Gasteiger partial charge in [0, 0.05) is 12.1 Å². The molecule has 128 valence electrons. The van der Waals surface area contributed by atoms with Crippen molar-refractivity contribution in [1.29, 1.82) is 0 Å². The molecule has 0 aromatic heterocycles. The number of hydrogen-bond acceptors (Lipinski definition) is 4. The fourth-order valence-corrected chi connectivity index (χ4v) is 1.93. The molecular weight excluding hydrogens is 308 g/mol. The summed E-state index contributed by atoms with van der Waals surface area (Å²) in [5.41, 5.74) is 0.883. The van der Waals surface area contributed by atoms with Crippen molar-refractivity contribution in [3.63, 3.8) is 0 Å². The van der Waals surface area contributed by atoms with Gasteiger partial charge in [-0.05, 0) is 38.3 Å². The van der Waals surface area contributed by atoms with E-state index in [4.69, 9.17) is 4.74 Å². The highest BCUT2D eigenvalue weighted by atomic mass is 16.5. The number of nitrogens with one attached hydrogen (secondary N) is 2. The molecule has 2 rings (SSSR count). The Morgan fingerprint density at radius 2 is 1.83 bits per heavy atom. The van der Waals surface area contributed by atoms with Gasteiger partial charge in [0.15, 0.2) is 6.10 Å². The van der Waals surface area contributed by atoms with E-state index in [1.54, 1.807) is 6.08 Å². The van der Waals surface area contributed by atoms with Gasteiger partial charge in [0.2, 0.25) is 5.91 Å². The molecule has 1 aromatic rings. The van der Waals surface area contributed by atoms with E-state index in [1.165, 1.54) is 19.9 Å². The Morgan fingerprint density at radius 3 is 2.46 bits per heavy atom. The lowest BCUT2D eigenvalue weighted by molar-refractivity contribution is -0.157. The Hall–Kier alpha value is -2.63. The number of benzene rings is 1. The van der Waals surface area contributed by atoms with Gasteiger partial charge in [-0.2, -0.15) is 0 Å². The van der Waals surface area contributed by atoms with Crippen molar-refractivity contribution in [3.05, 3.63) is 42.0 Å². The highest BCUT2D eigenvalue weighted by molar-refractivity contribution is 5.94. The van der Waals surface area contributed by atoms with Crippen LogP contribution < -0.4 is 10.6 Å². The first-order valence-electron chi connectivity index (χ1n) is 8.00. The second kappa shape index (κ2) is 8.29. The molecule has 0 unspecified atom stereocenters. The van der Waals surface area contributed by atoms with Crippen molar-refractivity contribution in [2.75, 3.05) is 0 Å². The van der Waals surface area contributed by atoms with Gasteiger partial charge in [0.1, 0.15) is 6.04 Å². The average molecular weight is 330 g/mol. The third kappa shape index (κ3) is 5.87. The summed E-state index contributed by atoms with van der Waals surface area (Å²) in [7, 11) is 0. The molecule has 24 heavy (non-hydrogen) atoms. The van der Waals surface area contributed by atoms with Crippen molar-refractivity contribution in [2.24, 2.45) is 0 Å². The summed E-state index contributed by atoms with van der Waals surface area (Å²) in [6.07, 6.45) is 4.05. The standard InChI is InChI=1S/C18H22N2O4/c1-12(18(23)24-13(2)17(22)20-15-9-10-15)19-16(21)11-8-14-6-4-3-5-7-14/h3-8,11-13,15H,9-10H2,1-2H3,(H,19,21)(H,20,22)/b11-8+/t12-,13-/m0/s1. The molecule has 1 aliphatic rings. The van der Waals surface area contributed by atoms with E-state index in [9.17, 15) is 14.4 Å². The molecule has 0 spiro atoms. The molecule has 0 heterocycles. The van der Waals surface area contributed by atoms with Gasteiger partial charge in [-0.25, -0.2) is 4.79 Å². The van der Waals surface area contributed by atoms with Crippen LogP contribution in [-0.2, 0) is 19.1 Å². The van der Waals surface area contributed by atoms with E-state index < -0.39 is 24.0 Å². The van der Waals surface area contributed by atoms with Gasteiger partial charge >= 0.3 is 5.97 Å². The Morgan fingerprint density at radius 1 is 1.17 bits per heavy atom. The number of amides is 2. The molecule has 1 fully saturated rings. The van der Waals surface area contributed by atoms with Crippen LogP contribution in [0.3, 0.4) is 0 Å². The maximum absolute atomic E-state index is 11.9. The van der Waals surface area contributed by atoms with Crippen LogP contribution in [0.2, 0.25) is 0 Å². The smallest absolute Gasteiger partial charge is 0.329 e. The van der Waals surface area contributed by atoms with E-state index in [2.05, 4.69) is 10.6 Å². The van der Waals surface area contributed by atoms with Crippen LogP contribution >= 0.6 is 0 Å². The minimum Gasteiger partial charge on any atom is -0.451 e. The van der Waals surface area contributed by atoms with Crippen LogP contribution in [0.5, 0.6) is 0 Å². The largest absolute Gasteiger partial charge is 0.451 e. The summed E-state index contributed by atoms with van der Waals surface area (Å²) in [5.74, 6) is -1.36. The molecule has 1 saturated carbocycles. The fourth-order valence-electron chi connectivity index (χ4n) is 1.93. The van der Waals surface area contributed by atoms with Crippen LogP contribution in [0.15, 0.2) is 36.4 Å². The SMILES string of the molecule is C[C@H](NC(=O)/C=C/c1ccccc1)C(=O)O[C@@H](C)C(=O)NC1CC1. The zero-order valence-corrected chi connectivity index (χ0v) is 13.8. The third-order valence-electron chi connectivity index (χ3n) is 3.52. The first-order chi connectivity index (χ1) is 11.5. The van der Waals surface area contributed by atoms with Gasteiger partial charge in [-0.15, -0.1) is 0 Å². The number of carbonyl (C=O) groups excluding carboxylic acids is 3. The molecular formula is C18H22N2O4. The predicted octanol–water partition coefficient (Wildman–Crippen LogP) is 1.41. The molecule has 0 radical (unpaired) electrons. The Balaban J connectivity index is 1.76. The topological polar surface area (TPSA) is 84.5 Å². The summed E-state index contributed by atoms with van der Waals surface area (Å²) in [5, 5.41) is 5.28. The Labute approximate surface area is 141 Å². The van der Waals surface area contributed by atoms with Crippen molar-refractivity contribution < 1.29 is 19.1 Å². The van der Waals surface area contributed by atoms with Crippen LogP contribution in [-0.4, -0.2) is 36.0 Å². The normalized spacial score (nSPS) is 16.2. The number of rotatable bonds is 7. The second-order valence-electron chi connectivity index (χ2n) is 5.84. The third-order valence-corrected chi connectivity index (χ3v) is 3.52. The van der Waals surface area contributed by atoms with Crippen LogP contribution in [0.1, 0.15) is 32.3 Å². The number of ether oxygens (including phenoxy) is 1. The molecule has 0 bridgehead atoms. The van der Waals surface area contributed by atoms with Crippen LogP contribution in [0.25, 0.3) is 6.08 Å². The monoisotopic (exact) mass is 330 g/mol. The summed E-state index contributed by atoms with van der Waals surface area (Å²) in [4.78, 5) is 35.5. The first kappa shape index (κ1) is 17.7. The second-order valence-corrected chi connectivity index (χ2v) is 5.84. The van der Waals surface area contributed by atoms with Gasteiger partial charge < -0.3 is 15.4 Å². The lowest BCUT2D eigenvalue weighted by Crippen LogP contribution is -2.43. The molecule has 1 aromatic carbocycles. The van der Waals surface area contributed by atoms with E-state index >= 15 is 0 Å². The summed E-state index contributed by atoms with van der Waals surface area (Å²) in [6, 6.07) is 8.71. The Bertz CT molecular complexity index is 623. The highest BCUT2D eigenvalue weighted by Crippen LogP contribution is 2.18. The molecule has 6 heteroatoms. The van der Waals surface area contributed by atoms with Crippen LogP contribution in [0, 0.1) is 0 Å².